The molecule has 0 aliphatic carbocycles. The summed E-state index contributed by atoms with van der Waals surface area (Å²) >= 11 is 27.3. The van der Waals surface area contributed by atoms with Crippen molar-refractivity contribution in [1.29, 1.82) is 0 Å². The van der Waals surface area contributed by atoms with Crippen molar-refractivity contribution in [2.75, 3.05) is 0 Å². The first-order valence-corrected chi connectivity index (χ1v) is 6.80. The van der Waals surface area contributed by atoms with Crippen LogP contribution in [0.4, 0.5) is 0 Å². The molecule has 0 spiro atoms. The summed E-state index contributed by atoms with van der Waals surface area (Å²) in [5.74, 6) is 0. The fraction of sp³-hybridized carbons (Fsp3) is 0.143. The van der Waals surface area contributed by atoms with Crippen LogP contribution in [-0.4, -0.2) is 11.5 Å². The topological polar surface area (TPSA) is 34.1 Å². The van der Waals surface area contributed by atoms with Gasteiger partial charge in [-0.05, 0) is 12.1 Å². The summed E-state index contributed by atoms with van der Waals surface area (Å²) in [6.45, 7) is 0. The Morgan fingerprint density at radius 1 is 1.00 bits per heavy atom. The minimum absolute atomic E-state index is 0.0891. The molecule has 0 unspecified atom stereocenters. The van der Waals surface area contributed by atoms with Gasteiger partial charge in [0.1, 0.15) is 4.90 Å². The molecule has 0 saturated carbocycles. The third-order valence-corrected chi connectivity index (χ3v) is 5.76. The Morgan fingerprint density at radius 2 is 1.40 bits per heavy atom. The summed E-state index contributed by atoms with van der Waals surface area (Å²) in [5.41, 5.74) is 0. The minimum atomic E-state index is -4.21. The lowest BCUT2D eigenvalue weighted by atomic mass is 10.4. The van der Waals surface area contributed by atoms with Gasteiger partial charge in [0.15, 0.2) is 0 Å². The van der Waals surface area contributed by atoms with E-state index in [0.717, 1.165) is 0 Å². The predicted octanol–water partition coefficient (Wildman–Crippen LogP) is 4.09. The van der Waals surface area contributed by atoms with Gasteiger partial charge in [-0.15, -0.1) is 0 Å². The van der Waals surface area contributed by atoms with E-state index in [2.05, 4.69) is 0 Å². The first-order chi connectivity index (χ1) is 6.68. The Morgan fingerprint density at radius 3 is 1.73 bits per heavy atom. The van der Waals surface area contributed by atoms with E-state index in [-0.39, 0.29) is 14.9 Å². The van der Waals surface area contributed by atoms with Crippen molar-refractivity contribution >= 4 is 67.8 Å². The number of hydrogen-bond acceptors (Lipinski definition) is 2. The normalized spacial score (nSPS) is 12.9. The first-order valence-electron chi connectivity index (χ1n) is 3.43. The standard InChI is InChI=1S/C7H3Cl5O2S/c8-4-2-1-3-5(9)6(4)15(13,14)7(10,11)12/h1-3H. The molecular weight excluding hydrogens is 325 g/mol. The molecule has 2 nitrogen and oxygen atoms in total. The summed E-state index contributed by atoms with van der Waals surface area (Å²) in [6.07, 6.45) is 0. The van der Waals surface area contributed by atoms with Crippen LogP contribution in [-0.2, 0) is 9.84 Å². The molecule has 8 heteroatoms. The SMILES string of the molecule is O=S(=O)(c1c(Cl)cccc1Cl)C(Cl)(Cl)Cl. The Hall–Kier alpha value is 0.620. The monoisotopic (exact) mass is 326 g/mol. The number of rotatable bonds is 1. The molecule has 0 heterocycles. The zero-order valence-electron chi connectivity index (χ0n) is 6.85. The van der Waals surface area contributed by atoms with Crippen LogP contribution in [0.5, 0.6) is 0 Å². The Labute approximate surface area is 112 Å². The van der Waals surface area contributed by atoms with Crippen molar-refractivity contribution in [3.63, 3.8) is 0 Å². The van der Waals surface area contributed by atoms with Crippen LogP contribution >= 0.6 is 58.0 Å². The molecule has 1 aromatic rings. The molecule has 0 fully saturated rings. The number of hydrogen-bond donors (Lipinski definition) is 0. The maximum atomic E-state index is 11.7. The summed E-state index contributed by atoms with van der Waals surface area (Å²) in [7, 11) is -4.21. The van der Waals surface area contributed by atoms with Crippen molar-refractivity contribution in [2.45, 2.75) is 8.02 Å². The van der Waals surface area contributed by atoms with Gasteiger partial charge in [-0.25, -0.2) is 8.42 Å². The largest absolute Gasteiger partial charge is 0.297 e. The molecule has 0 N–H and O–H groups in total. The highest BCUT2D eigenvalue weighted by Gasteiger charge is 2.41. The molecular formula is C7H3Cl5O2S. The zero-order valence-corrected chi connectivity index (χ0v) is 11.4. The predicted molar refractivity (Wildman–Crippen MR) is 63.9 cm³/mol. The fourth-order valence-corrected chi connectivity index (χ4v) is 3.44. The van der Waals surface area contributed by atoms with Crippen molar-refractivity contribution in [2.24, 2.45) is 0 Å². The molecule has 0 saturated heterocycles. The molecule has 0 amide bonds. The molecule has 0 atom stereocenters. The van der Waals surface area contributed by atoms with Crippen LogP contribution in [0.25, 0.3) is 0 Å². The van der Waals surface area contributed by atoms with Crippen LogP contribution in [0.2, 0.25) is 10.0 Å². The van der Waals surface area contributed by atoms with E-state index in [1.54, 1.807) is 0 Å². The average molecular weight is 328 g/mol. The van der Waals surface area contributed by atoms with E-state index in [1.165, 1.54) is 18.2 Å². The van der Waals surface area contributed by atoms with Crippen molar-refractivity contribution in [3.8, 4) is 0 Å². The highest BCUT2D eigenvalue weighted by Crippen LogP contribution is 2.42. The maximum Gasteiger partial charge on any atom is 0.297 e. The Bertz CT molecular complexity index is 456. The second-order valence-corrected chi connectivity index (χ2v) is 8.30. The van der Waals surface area contributed by atoms with Gasteiger partial charge >= 0.3 is 0 Å². The van der Waals surface area contributed by atoms with Crippen LogP contribution in [0.3, 0.4) is 0 Å². The van der Waals surface area contributed by atoms with Crippen LogP contribution in [0, 0.1) is 0 Å². The average Bonchev–Trinajstić information content (AvgIpc) is 2.00. The zero-order chi connectivity index (χ0) is 11.9. The summed E-state index contributed by atoms with van der Waals surface area (Å²) < 4.78 is 21.0. The van der Waals surface area contributed by atoms with E-state index < -0.39 is 13.0 Å². The lowest BCUT2D eigenvalue weighted by Crippen LogP contribution is -2.20. The molecule has 0 aliphatic heterocycles. The number of sulfone groups is 1. The Kier molecular flexibility index (Phi) is 4.08. The van der Waals surface area contributed by atoms with Gasteiger partial charge in [0.2, 0.25) is 9.84 Å². The smallest absolute Gasteiger partial charge is 0.219 e. The number of benzene rings is 1. The molecule has 1 aromatic carbocycles. The fourth-order valence-electron chi connectivity index (χ4n) is 0.855. The summed E-state index contributed by atoms with van der Waals surface area (Å²) in [6, 6.07) is 4.18. The summed E-state index contributed by atoms with van der Waals surface area (Å²) in [4.78, 5) is -0.381. The van der Waals surface area contributed by atoms with E-state index in [0.29, 0.717) is 0 Å². The van der Waals surface area contributed by atoms with Gasteiger partial charge in [0, 0.05) is 0 Å². The van der Waals surface area contributed by atoms with E-state index in [9.17, 15) is 8.42 Å². The van der Waals surface area contributed by atoms with Gasteiger partial charge in [-0.3, -0.25) is 0 Å². The molecule has 84 valence electrons. The van der Waals surface area contributed by atoms with Gasteiger partial charge in [-0.1, -0.05) is 64.1 Å². The minimum Gasteiger partial charge on any atom is -0.219 e. The van der Waals surface area contributed by atoms with Gasteiger partial charge in [0.05, 0.1) is 10.0 Å². The lowest BCUT2D eigenvalue weighted by molar-refractivity contribution is 0.596. The van der Waals surface area contributed by atoms with Gasteiger partial charge in [-0.2, -0.15) is 0 Å². The highest BCUT2D eigenvalue weighted by atomic mass is 35.6. The third-order valence-electron chi connectivity index (χ3n) is 1.49. The molecule has 0 aromatic heterocycles. The van der Waals surface area contributed by atoms with Crippen LogP contribution in [0.1, 0.15) is 0 Å². The highest BCUT2D eigenvalue weighted by molar-refractivity contribution is 7.97. The van der Waals surface area contributed by atoms with Crippen molar-refractivity contribution in [1.82, 2.24) is 0 Å². The van der Waals surface area contributed by atoms with E-state index in [4.69, 9.17) is 58.0 Å². The molecule has 0 radical (unpaired) electrons. The van der Waals surface area contributed by atoms with Gasteiger partial charge in [0.25, 0.3) is 3.12 Å². The molecule has 1 rings (SSSR count). The molecule has 15 heavy (non-hydrogen) atoms. The second-order valence-electron chi connectivity index (χ2n) is 2.50. The maximum absolute atomic E-state index is 11.7. The van der Waals surface area contributed by atoms with Gasteiger partial charge < -0.3 is 0 Å². The third kappa shape index (κ3) is 2.65. The number of alkyl halides is 3. The van der Waals surface area contributed by atoms with E-state index >= 15 is 0 Å². The van der Waals surface area contributed by atoms with E-state index in [1.807, 2.05) is 0 Å². The quantitative estimate of drug-likeness (QED) is 0.728. The Balaban J connectivity index is 3.55. The lowest BCUT2D eigenvalue weighted by Gasteiger charge is -2.14. The molecule has 0 bridgehead atoms. The summed E-state index contributed by atoms with van der Waals surface area (Å²) in [5, 5.41) is -0.178. The first kappa shape index (κ1) is 13.7. The van der Waals surface area contributed by atoms with Crippen LogP contribution in [0.15, 0.2) is 23.1 Å². The van der Waals surface area contributed by atoms with Crippen LogP contribution < -0.4 is 0 Å². The second kappa shape index (κ2) is 4.47. The number of halogens is 5. The molecule has 0 aliphatic rings. The van der Waals surface area contributed by atoms with Crippen molar-refractivity contribution in [3.05, 3.63) is 28.2 Å². The van der Waals surface area contributed by atoms with Crippen molar-refractivity contribution < 1.29 is 8.42 Å².